The number of aliphatic imine (C=N–C) groups is 1. The highest BCUT2D eigenvalue weighted by Gasteiger charge is 1.99. The predicted octanol–water partition coefficient (Wildman–Crippen LogP) is 2.23. The molecule has 0 atom stereocenters. The molecule has 16 heavy (non-hydrogen) atoms. The Morgan fingerprint density at radius 1 is 1.50 bits per heavy atom. The molecule has 1 aromatic carbocycles. The number of guanidine groups is 1. The van der Waals surface area contributed by atoms with Crippen LogP contribution in [0.5, 0.6) is 0 Å². The van der Waals surface area contributed by atoms with Gasteiger partial charge in [0.05, 0.1) is 0 Å². The van der Waals surface area contributed by atoms with Gasteiger partial charge in [0.2, 0.25) is 5.96 Å². The maximum atomic E-state index is 5.87. The van der Waals surface area contributed by atoms with Crippen molar-refractivity contribution in [3.8, 4) is 0 Å². The molecular weight excluding hydrogens is 224 g/mol. The van der Waals surface area contributed by atoms with E-state index in [4.69, 9.17) is 17.4 Å². The van der Waals surface area contributed by atoms with E-state index in [1.165, 1.54) is 0 Å². The number of halogens is 1. The van der Waals surface area contributed by atoms with Crippen molar-refractivity contribution < 1.29 is 0 Å². The second kappa shape index (κ2) is 6.35. The molecule has 0 saturated carbocycles. The lowest BCUT2D eigenvalue weighted by Crippen LogP contribution is -2.36. The number of nitrogens with one attached hydrogen (secondary N) is 2. The first-order valence-electron chi connectivity index (χ1n) is 5.15. The highest BCUT2D eigenvalue weighted by molar-refractivity contribution is 6.30. The Morgan fingerprint density at radius 3 is 2.81 bits per heavy atom. The molecule has 4 N–H and O–H groups in total. The third-order valence-corrected chi connectivity index (χ3v) is 2.07. The lowest BCUT2D eigenvalue weighted by molar-refractivity contribution is 0.663. The number of rotatable bonds is 3. The van der Waals surface area contributed by atoms with E-state index in [9.17, 15) is 0 Å². The maximum absolute atomic E-state index is 5.87. The highest BCUT2D eigenvalue weighted by atomic mass is 35.5. The fourth-order valence-electron chi connectivity index (χ4n) is 1.10. The van der Waals surface area contributed by atoms with Crippen LogP contribution < -0.4 is 16.6 Å². The van der Waals surface area contributed by atoms with Crippen LogP contribution in [0, 0.1) is 5.92 Å². The molecule has 88 valence electrons. The second-order valence-electron chi connectivity index (χ2n) is 3.86. The molecule has 0 unspecified atom stereocenters. The van der Waals surface area contributed by atoms with Crippen LogP contribution in [0.3, 0.4) is 0 Å². The first-order valence-corrected chi connectivity index (χ1v) is 5.53. The van der Waals surface area contributed by atoms with Crippen molar-refractivity contribution in [2.45, 2.75) is 13.8 Å². The summed E-state index contributed by atoms with van der Waals surface area (Å²) in [5.74, 6) is 6.40. The summed E-state index contributed by atoms with van der Waals surface area (Å²) in [5.41, 5.74) is 3.38. The Hall–Kier alpha value is -1.26. The van der Waals surface area contributed by atoms with E-state index in [0.717, 1.165) is 5.69 Å². The zero-order valence-corrected chi connectivity index (χ0v) is 10.3. The Balaban J connectivity index is 2.66. The standard InChI is InChI=1S/C11H17ClN4/c1-8(2)7-14-11(16-13)15-10-5-3-4-9(12)6-10/h3-6,8H,7,13H2,1-2H3,(H2,14,15,16). The van der Waals surface area contributed by atoms with Gasteiger partial charge in [-0.25, -0.2) is 5.84 Å². The van der Waals surface area contributed by atoms with Crippen LogP contribution in [0.25, 0.3) is 0 Å². The zero-order valence-electron chi connectivity index (χ0n) is 9.50. The molecule has 0 amide bonds. The molecule has 0 fully saturated rings. The molecule has 4 nitrogen and oxygen atoms in total. The van der Waals surface area contributed by atoms with E-state index in [1.54, 1.807) is 0 Å². The van der Waals surface area contributed by atoms with Gasteiger partial charge in [0.15, 0.2) is 0 Å². The number of benzene rings is 1. The molecule has 0 aliphatic carbocycles. The van der Waals surface area contributed by atoms with Gasteiger partial charge in [-0.1, -0.05) is 31.5 Å². The summed E-state index contributed by atoms with van der Waals surface area (Å²) in [6.45, 7) is 4.90. The first-order chi connectivity index (χ1) is 7.61. The molecule has 5 heteroatoms. The van der Waals surface area contributed by atoms with Gasteiger partial charge < -0.3 is 5.32 Å². The lowest BCUT2D eigenvalue weighted by atomic mass is 10.2. The Labute approximate surface area is 101 Å². The normalized spacial score (nSPS) is 11.7. The number of nitrogens with two attached hydrogens (primary N) is 1. The summed E-state index contributed by atoms with van der Waals surface area (Å²) in [7, 11) is 0. The summed E-state index contributed by atoms with van der Waals surface area (Å²) in [4.78, 5) is 4.29. The van der Waals surface area contributed by atoms with Crippen LogP contribution in [-0.2, 0) is 0 Å². The van der Waals surface area contributed by atoms with Crippen molar-refractivity contribution in [2.75, 3.05) is 11.9 Å². The Kier molecular flexibility index (Phi) is 5.08. The van der Waals surface area contributed by atoms with Gasteiger partial charge in [0, 0.05) is 17.3 Å². The minimum Gasteiger partial charge on any atom is -0.325 e. The average molecular weight is 241 g/mol. The maximum Gasteiger partial charge on any atom is 0.210 e. The average Bonchev–Trinajstić information content (AvgIpc) is 2.24. The number of hydrazine groups is 1. The summed E-state index contributed by atoms with van der Waals surface area (Å²) < 4.78 is 0. The number of hydrogen-bond donors (Lipinski definition) is 3. The van der Waals surface area contributed by atoms with E-state index in [1.807, 2.05) is 24.3 Å². The van der Waals surface area contributed by atoms with Gasteiger partial charge in [-0.3, -0.25) is 10.4 Å². The number of hydrogen-bond acceptors (Lipinski definition) is 2. The minimum absolute atomic E-state index is 0.490. The van der Waals surface area contributed by atoms with Crippen LogP contribution in [0.1, 0.15) is 13.8 Å². The van der Waals surface area contributed by atoms with Crippen molar-refractivity contribution in [1.82, 2.24) is 5.43 Å². The minimum atomic E-state index is 0.490. The van der Waals surface area contributed by atoms with Crippen LogP contribution in [-0.4, -0.2) is 12.5 Å². The van der Waals surface area contributed by atoms with Gasteiger partial charge in [0.1, 0.15) is 0 Å². The van der Waals surface area contributed by atoms with Crippen LogP contribution >= 0.6 is 11.6 Å². The van der Waals surface area contributed by atoms with Gasteiger partial charge in [-0.05, 0) is 24.1 Å². The predicted molar refractivity (Wildman–Crippen MR) is 69.5 cm³/mol. The van der Waals surface area contributed by atoms with Crippen molar-refractivity contribution in [2.24, 2.45) is 16.8 Å². The van der Waals surface area contributed by atoms with Crippen LogP contribution in [0.15, 0.2) is 29.3 Å². The largest absolute Gasteiger partial charge is 0.325 e. The monoisotopic (exact) mass is 240 g/mol. The third kappa shape index (κ3) is 4.51. The van der Waals surface area contributed by atoms with Crippen molar-refractivity contribution >= 4 is 23.2 Å². The molecule has 0 saturated heterocycles. The Bertz CT molecular complexity index is 363. The van der Waals surface area contributed by atoms with Gasteiger partial charge in [-0.15, -0.1) is 0 Å². The van der Waals surface area contributed by atoms with E-state index in [-0.39, 0.29) is 0 Å². The summed E-state index contributed by atoms with van der Waals surface area (Å²) in [5, 5.41) is 3.73. The molecule has 0 aromatic heterocycles. The number of nitrogens with zero attached hydrogens (tertiary/aromatic N) is 1. The molecule has 0 spiro atoms. The van der Waals surface area contributed by atoms with Crippen LogP contribution in [0.2, 0.25) is 5.02 Å². The molecule has 1 aromatic rings. The fourth-order valence-corrected chi connectivity index (χ4v) is 1.29. The SMILES string of the molecule is CC(C)CN=C(NN)Nc1cccc(Cl)c1. The second-order valence-corrected chi connectivity index (χ2v) is 4.30. The van der Waals surface area contributed by atoms with Gasteiger partial charge in [0.25, 0.3) is 0 Å². The molecule has 0 radical (unpaired) electrons. The molecule has 0 aliphatic rings. The lowest BCUT2D eigenvalue weighted by Gasteiger charge is -2.10. The van der Waals surface area contributed by atoms with E-state index >= 15 is 0 Å². The van der Waals surface area contributed by atoms with Gasteiger partial charge >= 0.3 is 0 Å². The quantitative estimate of drug-likeness (QED) is 0.329. The summed E-state index contributed by atoms with van der Waals surface area (Å²) in [6.07, 6.45) is 0. The van der Waals surface area contributed by atoms with E-state index in [2.05, 4.69) is 29.6 Å². The number of anilines is 1. The van der Waals surface area contributed by atoms with E-state index < -0.39 is 0 Å². The molecular formula is C11H17ClN4. The van der Waals surface area contributed by atoms with Crippen molar-refractivity contribution in [3.05, 3.63) is 29.3 Å². The van der Waals surface area contributed by atoms with Crippen molar-refractivity contribution in [3.63, 3.8) is 0 Å². The fraction of sp³-hybridized carbons (Fsp3) is 0.364. The molecule has 0 heterocycles. The molecule has 0 aliphatic heterocycles. The smallest absolute Gasteiger partial charge is 0.210 e. The third-order valence-electron chi connectivity index (χ3n) is 1.84. The highest BCUT2D eigenvalue weighted by Crippen LogP contribution is 2.14. The van der Waals surface area contributed by atoms with Crippen LogP contribution in [0.4, 0.5) is 5.69 Å². The summed E-state index contributed by atoms with van der Waals surface area (Å²) >= 11 is 5.87. The molecule has 0 bridgehead atoms. The van der Waals surface area contributed by atoms with Crippen molar-refractivity contribution in [1.29, 1.82) is 0 Å². The zero-order chi connectivity index (χ0) is 12.0. The van der Waals surface area contributed by atoms with E-state index in [0.29, 0.717) is 23.4 Å². The Morgan fingerprint density at radius 2 is 2.25 bits per heavy atom. The first kappa shape index (κ1) is 12.8. The van der Waals surface area contributed by atoms with Gasteiger partial charge in [-0.2, -0.15) is 0 Å². The summed E-state index contributed by atoms with van der Waals surface area (Å²) in [6, 6.07) is 7.38. The molecule has 1 rings (SSSR count). The topological polar surface area (TPSA) is 62.4 Å².